The van der Waals surface area contributed by atoms with E-state index in [-0.39, 0.29) is 6.10 Å². The van der Waals surface area contributed by atoms with Gasteiger partial charge in [0.1, 0.15) is 11.9 Å². The smallest absolute Gasteiger partial charge is 0.124 e. The summed E-state index contributed by atoms with van der Waals surface area (Å²) < 4.78 is 12.3. The van der Waals surface area contributed by atoms with Gasteiger partial charge in [0.05, 0.1) is 6.61 Å². The van der Waals surface area contributed by atoms with E-state index in [4.69, 9.17) is 9.47 Å². The predicted octanol–water partition coefficient (Wildman–Crippen LogP) is 7.03. The van der Waals surface area contributed by atoms with Gasteiger partial charge in [0, 0.05) is 24.5 Å². The Morgan fingerprint density at radius 3 is 2.55 bits per heavy atom. The van der Waals surface area contributed by atoms with Crippen molar-refractivity contribution in [1.29, 1.82) is 0 Å². The van der Waals surface area contributed by atoms with Crippen LogP contribution in [0, 0.1) is 11.8 Å². The SMILES string of the molecule is C=C1CCc2cc(-c3ccc(C4CCCC4)cc3)cc3c2C2C1CCC(COC)C2O3. The quantitative estimate of drug-likeness (QED) is 0.500. The Labute approximate surface area is 186 Å². The van der Waals surface area contributed by atoms with Crippen LogP contribution in [0.25, 0.3) is 11.1 Å². The molecule has 3 aliphatic carbocycles. The van der Waals surface area contributed by atoms with E-state index in [0.717, 1.165) is 31.1 Å². The lowest BCUT2D eigenvalue weighted by molar-refractivity contribution is 0.0254. The van der Waals surface area contributed by atoms with Crippen molar-refractivity contribution in [3.05, 3.63) is 65.2 Å². The zero-order valence-corrected chi connectivity index (χ0v) is 18.7. The van der Waals surface area contributed by atoms with Crippen LogP contribution in [0.15, 0.2) is 48.6 Å². The van der Waals surface area contributed by atoms with Gasteiger partial charge in [-0.25, -0.2) is 0 Å². The molecule has 6 rings (SSSR count). The highest BCUT2D eigenvalue weighted by Gasteiger charge is 2.49. The van der Waals surface area contributed by atoms with E-state index < -0.39 is 0 Å². The van der Waals surface area contributed by atoms with Crippen molar-refractivity contribution in [2.24, 2.45) is 11.8 Å². The summed E-state index contributed by atoms with van der Waals surface area (Å²) in [6, 6.07) is 14.2. The van der Waals surface area contributed by atoms with Crippen molar-refractivity contribution in [1.82, 2.24) is 0 Å². The van der Waals surface area contributed by atoms with Gasteiger partial charge >= 0.3 is 0 Å². The summed E-state index contributed by atoms with van der Waals surface area (Å²) in [5, 5.41) is 0. The van der Waals surface area contributed by atoms with Crippen molar-refractivity contribution >= 4 is 0 Å². The molecular formula is C29H34O2. The van der Waals surface area contributed by atoms with Gasteiger partial charge in [0.25, 0.3) is 0 Å². The number of allylic oxidation sites excluding steroid dienone is 1. The number of methoxy groups -OCH3 is 1. The zero-order valence-electron chi connectivity index (χ0n) is 18.7. The van der Waals surface area contributed by atoms with E-state index in [9.17, 15) is 0 Å². The number of ether oxygens (including phenoxy) is 2. The molecule has 2 heteroatoms. The molecule has 1 heterocycles. The number of hydrogen-bond donors (Lipinski definition) is 0. The first-order valence-corrected chi connectivity index (χ1v) is 12.3. The van der Waals surface area contributed by atoms with Crippen molar-refractivity contribution in [3.63, 3.8) is 0 Å². The molecule has 162 valence electrons. The van der Waals surface area contributed by atoms with Crippen LogP contribution in [0.5, 0.6) is 5.75 Å². The zero-order chi connectivity index (χ0) is 20.9. The summed E-state index contributed by atoms with van der Waals surface area (Å²) in [6.07, 6.45) is 10.3. The van der Waals surface area contributed by atoms with Gasteiger partial charge < -0.3 is 9.47 Å². The van der Waals surface area contributed by atoms with Crippen LogP contribution in [-0.2, 0) is 11.2 Å². The fraction of sp³-hybridized carbons (Fsp3) is 0.517. The Balaban J connectivity index is 1.37. The van der Waals surface area contributed by atoms with E-state index in [1.54, 1.807) is 0 Å². The Morgan fingerprint density at radius 2 is 1.77 bits per heavy atom. The molecule has 0 radical (unpaired) electrons. The van der Waals surface area contributed by atoms with Crippen molar-refractivity contribution in [3.8, 4) is 16.9 Å². The lowest BCUT2D eigenvalue weighted by Crippen LogP contribution is -2.39. The van der Waals surface area contributed by atoms with Gasteiger partial charge in [0.2, 0.25) is 0 Å². The number of aryl methyl sites for hydroxylation is 1. The largest absolute Gasteiger partial charge is 0.489 e. The van der Waals surface area contributed by atoms with Crippen molar-refractivity contribution < 1.29 is 9.47 Å². The van der Waals surface area contributed by atoms with E-state index in [1.165, 1.54) is 71.9 Å². The van der Waals surface area contributed by atoms with Crippen LogP contribution >= 0.6 is 0 Å². The molecule has 0 amide bonds. The standard InChI is InChI=1S/C29H34O2/c1-18-7-8-22-15-24(21-11-9-20(10-12-21)19-5-3-4-6-19)16-26-27(22)28-25(18)14-13-23(17-30-2)29(28)31-26/h9-12,15-16,19,23,25,28-29H,1,3-8,13-14,17H2,2H3. The minimum absolute atomic E-state index is 0.238. The van der Waals surface area contributed by atoms with Crippen LogP contribution in [0.3, 0.4) is 0 Å². The van der Waals surface area contributed by atoms with Crippen LogP contribution in [-0.4, -0.2) is 19.8 Å². The van der Waals surface area contributed by atoms with E-state index in [0.29, 0.717) is 17.8 Å². The second kappa shape index (κ2) is 7.81. The van der Waals surface area contributed by atoms with Crippen LogP contribution in [0.4, 0.5) is 0 Å². The summed E-state index contributed by atoms with van der Waals surface area (Å²) in [7, 11) is 1.82. The lowest BCUT2D eigenvalue weighted by atomic mass is 9.68. The molecular weight excluding hydrogens is 380 g/mol. The highest BCUT2D eigenvalue weighted by atomic mass is 16.5. The van der Waals surface area contributed by atoms with Crippen molar-refractivity contribution in [2.45, 2.75) is 69.3 Å². The normalized spacial score (nSPS) is 29.5. The second-order valence-electron chi connectivity index (χ2n) is 10.3. The summed E-state index contributed by atoms with van der Waals surface area (Å²) in [4.78, 5) is 0. The van der Waals surface area contributed by atoms with E-state index >= 15 is 0 Å². The molecule has 31 heavy (non-hydrogen) atoms. The summed E-state index contributed by atoms with van der Waals surface area (Å²) >= 11 is 0. The molecule has 2 aromatic carbocycles. The Hall–Kier alpha value is -2.06. The van der Waals surface area contributed by atoms with Gasteiger partial charge in [-0.1, -0.05) is 55.3 Å². The van der Waals surface area contributed by atoms with E-state index in [2.05, 4.69) is 43.0 Å². The first kappa shape index (κ1) is 19.6. The first-order chi connectivity index (χ1) is 15.2. The second-order valence-corrected chi connectivity index (χ2v) is 10.3. The molecule has 1 aliphatic heterocycles. The van der Waals surface area contributed by atoms with Crippen molar-refractivity contribution in [2.75, 3.05) is 13.7 Å². The molecule has 0 N–H and O–H groups in total. The van der Waals surface area contributed by atoms with Gasteiger partial charge in [0.15, 0.2) is 0 Å². The molecule has 0 spiro atoms. The monoisotopic (exact) mass is 414 g/mol. The summed E-state index contributed by atoms with van der Waals surface area (Å²) in [5.41, 5.74) is 8.54. The third-order valence-corrected chi connectivity index (χ3v) is 8.62. The van der Waals surface area contributed by atoms with Gasteiger partial charge in [-0.3, -0.25) is 0 Å². The lowest BCUT2D eigenvalue weighted by Gasteiger charge is -2.38. The fourth-order valence-electron chi connectivity index (χ4n) is 7.01. The minimum Gasteiger partial charge on any atom is -0.489 e. The molecule has 2 aromatic rings. The van der Waals surface area contributed by atoms with Gasteiger partial charge in [-0.05, 0) is 78.7 Å². The molecule has 0 bridgehead atoms. The van der Waals surface area contributed by atoms with Gasteiger partial charge in [-0.2, -0.15) is 0 Å². The van der Waals surface area contributed by atoms with Gasteiger partial charge in [-0.15, -0.1) is 0 Å². The average molecular weight is 415 g/mol. The maximum atomic E-state index is 6.72. The number of benzene rings is 2. The van der Waals surface area contributed by atoms with E-state index in [1.807, 2.05) is 7.11 Å². The molecule has 4 unspecified atom stereocenters. The van der Waals surface area contributed by atoms with Crippen LogP contribution < -0.4 is 4.74 Å². The molecule has 4 aliphatic rings. The highest BCUT2D eigenvalue weighted by Crippen LogP contribution is 2.56. The third kappa shape index (κ3) is 3.26. The highest BCUT2D eigenvalue weighted by molar-refractivity contribution is 5.70. The Bertz CT molecular complexity index is 983. The number of rotatable bonds is 4. The maximum absolute atomic E-state index is 6.72. The Kier molecular flexibility index (Phi) is 4.94. The molecule has 0 saturated heterocycles. The Morgan fingerprint density at radius 1 is 0.968 bits per heavy atom. The topological polar surface area (TPSA) is 18.5 Å². The first-order valence-electron chi connectivity index (χ1n) is 12.3. The molecule has 0 aromatic heterocycles. The van der Waals surface area contributed by atoms with Crippen LogP contribution in [0.1, 0.15) is 73.5 Å². The summed E-state index contributed by atoms with van der Waals surface area (Å²) in [5.74, 6) is 3.41. The number of hydrogen-bond acceptors (Lipinski definition) is 2. The molecule has 2 saturated carbocycles. The molecule has 4 atom stereocenters. The fourth-order valence-corrected chi connectivity index (χ4v) is 7.01. The average Bonchev–Trinajstić information content (AvgIpc) is 3.43. The molecule has 2 nitrogen and oxygen atoms in total. The predicted molar refractivity (Wildman–Crippen MR) is 126 cm³/mol. The van der Waals surface area contributed by atoms with Crippen LogP contribution in [0.2, 0.25) is 0 Å². The minimum atomic E-state index is 0.238. The molecule has 2 fully saturated rings. The summed E-state index contributed by atoms with van der Waals surface area (Å²) in [6.45, 7) is 5.30. The maximum Gasteiger partial charge on any atom is 0.124 e. The third-order valence-electron chi connectivity index (χ3n) is 8.62.